The molecule has 3 rings (SSSR count). The van der Waals surface area contributed by atoms with Crippen LogP contribution in [0.4, 0.5) is 9.52 Å². The van der Waals surface area contributed by atoms with Gasteiger partial charge in [-0.1, -0.05) is 23.5 Å². The van der Waals surface area contributed by atoms with E-state index in [1.807, 2.05) is 17.7 Å². The summed E-state index contributed by atoms with van der Waals surface area (Å²) in [5, 5.41) is 6.43. The van der Waals surface area contributed by atoms with Gasteiger partial charge in [-0.15, -0.1) is 0 Å². The lowest BCUT2D eigenvalue weighted by atomic mass is 10.1. The molecule has 2 amide bonds. The molecule has 1 atom stereocenters. The highest BCUT2D eigenvalue weighted by Gasteiger charge is 2.26. The lowest BCUT2D eigenvalue weighted by Gasteiger charge is -2.27. The molecule has 0 radical (unpaired) electrons. The Morgan fingerprint density at radius 3 is 2.76 bits per heavy atom. The fourth-order valence-electron chi connectivity index (χ4n) is 3.29. The number of hydrogen-bond acceptors (Lipinski definition) is 7. The second-order valence-electron chi connectivity index (χ2n) is 7.48. The van der Waals surface area contributed by atoms with Crippen LogP contribution in [0.5, 0.6) is 0 Å². The minimum Gasteiger partial charge on any atom is -0.383 e. The number of aryl methyl sites for hydroxylation is 1. The molecule has 0 bridgehead atoms. The molecule has 0 spiro atoms. The minimum atomic E-state index is -0.783. The quantitative estimate of drug-likeness (QED) is 0.359. The first kappa shape index (κ1) is 25.3. The predicted octanol–water partition coefficient (Wildman–Crippen LogP) is 2.95. The van der Waals surface area contributed by atoms with Gasteiger partial charge in [0, 0.05) is 45.7 Å². The zero-order chi connectivity index (χ0) is 24.3. The lowest BCUT2D eigenvalue weighted by molar-refractivity contribution is -0.132. The van der Waals surface area contributed by atoms with Crippen molar-refractivity contribution < 1.29 is 18.7 Å². The molecule has 182 valence electrons. The summed E-state index contributed by atoms with van der Waals surface area (Å²) in [5.41, 5.74) is 0.600. The Bertz CT molecular complexity index is 1040. The fourth-order valence-corrected chi connectivity index (χ4v) is 4.05. The Balaban J connectivity index is 1.65. The molecule has 0 aliphatic carbocycles. The van der Waals surface area contributed by atoms with Crippen LogP contribution in [0.3, 0.4) is 0 Å². The molecule has 0 aliphatic rings. The Labute approximate surface area is 202 Å². The Morgan fingerprint density at radius 1 is 1.29 bits per heavy atom. The molecule has 2 N–H and O–H groups in total. The number of hydrogen-bond donors (Lipinski definition) is 2. The number of halogens is 1. The van der Waals surface area contributed by atoms with E-state index in [1.165, 1.54) is 18.3 Å². The third-order valence-corrected chi connectivity index (χ3v) is 6.07. The maximum atomic E-state index is 13.5. The average Bonchev–Trinajstić information content (AvgIpc) is 3.53. The molecule has 11 heteroatoms. The number of anilines is 1. The highest BCUT2D eigenvalue weighted by molar-refractivity contribution is 7.17. The van der Waals surface area contributed by atoms with Crippen LogP contribution >= 0.6 is 11.3 Å². The van der Waals surface area contributed by atoms with Crippen molar-refractivity contribution >= 4 is 28.3 Å². The van der Waals surface area contributed by atoms with Gasteiger partial charge in [0.05, 0.1) is 19.1 Å². The number of imidazole rings is 1. The van der Waals surface area contributed by atoms with Gasteiger partial charge in [-0.25, -0.2) is 14.4 Å². The van der Waals surface area contributed by atoms with E-state index in [1.54, 1.807) is 36.7 Å². The molecule has 0 saturated carbocycles. The number of thiazole rings is 1. The van der Waals surface area contributed by atoms with E-state index in [9.17, 15) is 14.0 Å². The first-order chi connectivity index (χ1) is 16.5. The summed E-state index contributed by atoms with van der Waals surface area (Å²) in [6.45, 7) is 4.47. The number of carbonyl (C=O) groups excluding carboxylic acids is 2. The van der Waals surface area contributed by atoms with Crippen LogP contribution in [0, 0.1) is 5.82 Å². The highest BCUT2D eigenvalue weighted by Crippen LogP contribution is 2.26. The Hall–Kier alpha value is -3.31. The molecule has 9 nitrogen and oxygen atoms in total. The smallest absolute Gasteiger partial charge is 0.263 e. The molecule has 1 aromatic carbocycles. The van der Waals surface area contributed by atoms with Gasteiger partial charge in [-0.2, -0.15) is 0 Å². The van der Waals surface area contributed by atoms with E-state index in [-0.39, 0.29) is 17.6 Å². The van der Waals surface area contributed by atoms with Crippen molar-refractivity contribution in [1.82, 2.24) is 24.8 Å². The van der Waals surface area contributed by atoms with Gasteiger partial charge in [-0.05, 0) is 31.0 Å². The van der Waals surface area contributed by atoms with Gasteiger partial charge in [0.25, 0.3) is 5.91 Å². The number of nitrogens with one attached hydrogen (secondary N) is 2. The minimum absolute atomic E-state index is 0.188. The lowest BCUT2D eigenvalue weighted by Crippen LogP contribution is -2.39. The topological polar surface area (TPSA) is 101 Å². The first-order valence-electron chi connectivity index (χ1n) is 11.0. The number of rotatable bonds is 13. The average molecular weight is 489 g/mol. The van der Waals surface area contributed by atoms with Crippen molar-refractivity contribution in [2.75, 3.05) is 38.7 Å². The zero-order valence-electron chi connectivity index (χ0n) is 19.2. The molecule has 34 heavy (non-hydrogen) atoms. The molecular formula is C23H29FN6O3S. The van der Waals surface area contributed by atoms with Crippen LogP contribution in [-0.2, 0) is 16.1 Å². The standard InChI is InChI=1S/C23H29FN6O3S/c1-3-30(13-14-33-2)22(32)20(17-5-7-18(24)8-6-17)28-23-27-15-19(34-23)21(31)26-9-4-11-29-12-10-25-16-29/h5-8,10,12,15-16,20H,3-4,9,11,13-14H2,1-2H3,(H,26,31)(H,27,28). The van der Waals surface area contributed by atoms with Crippen molar-refractivity contribution in [2.45, 2.75) is 25.9 Å². The third-order valence-electron chi connectivity index (χ3n) is 5.14. The number of carbonyl (C=O) groups is 2. The second-order valence-corrected chi connectivity index (χ2v) is 8.51. The summed E-state index contributed by atoms with van der Waals surface area (Å²) < 4.78 is 20.5. The van der Waals surface area contributed by atoms with Crippen molar-refractivity contribution in [2.24, 2.45) is 0 Å². The highest BCUT2D eigenvalue weighted by atomic mass is 32.1. The maximum absolute atomic E-state index is 13.5. The number of likely N-dealkylation sites (N-methyl/N-ethyl adjacent to an activating group) is 1. The summed E-state index contributed by atoms with van der Waals surface area (Å²) in [7, 11) is 1.58. The van der Waals surface area contributed by atoms with Gasteiger partial charge in [0.2, 0.25) is 5.91 Å². The summed E-state index contributed by atoms with van der Waals surface area (Å²) in [5.74, 6) is -0.800. The maximum Gasteiger partial charge on any atom is 0.263 e. The van der Waals surface area contributed by atoms with Gasteiger partial charge >= 0.3 is 0 Å². The van der Waals surface area contributed by atoms with Crippen LogP contribution in [0.25, 0.3) is 0 Å². The van der Waals surface area contributed by atoms with Gasteiger partial charge in [0.15, 0.2) is 5.13 Å². The van der Waals surface area contributed by atoms with E-state index in [0.29, 0.717) is 41.8 Å². The van der Waals surface area contributed by atoms with Crippen LogP contribution in [0.1, 0.15) is 34.6 Å². The van der Waals surface area contributed by atoms with Crippen LogP contribution in [-0.4, -0.2) is 64.6 Å². The molecule has 2 heterocycles. The molecule has 0 aliphatic heterocycles. The van der Waals surface area contributed by atoms with E-state index >= 15 is 0 Å². The summed E-state index contributed by atoms with van der Waals surface area (Å²) in [6, 6.07) is 4.97. The summed E-state index contributed by atoms with van der Waals surface area (Å²) in [6.07, 6.45) is 7.56. The largest absolute Gasteiger partial charge is 0.383 e. The molecule has 3 aromatic rings. The normalized spacial score (nSPS) is 11.7. The van der Waals surface area contributed by atoms with Crippen LogP contribution in [0.2, 0.25) is 0 Å². The van der Waals surface area contributed by atoms with Crippen molar-refractivity contribution in [3.63, 3.8) is 0 Å². The van der Waals surface area contributed by atoms with Gasteiger partial charge in [0.1, 0.15) is 16.7 Å². The molecule has 2 aromatic heterocycles. The molecule has 1 unspecified atom stereocenters. The van der Waals surface area contributed by atoms with Gasteiger partial charge < -0.3 is 24.8 Å². The zero-order valence-corrected chi connectivity index (χ0v) is 20.1. The summed E-state index contributed by atoms with van der Waals surface area (Å²) in [4.78, 5) is 36.2. The predicted molar refractivity (Wildman–Crippen MR) is 128 cm³/mol. The third kappa shape index (κ3) is 7.09. The van der Waals surface area contributed by atoms with Crippen molar-refractivity contribution in [3.8, 4) is 0 Å². The van der Waals surface area contributed by atoms with Gasteiger partial charge in [-0.3, -0.25) is 9.59 Å². The monoisotopic (exact) mass is 488 g/mol. The van der Waals surface area contributed by atoms with Crippen LogP contribution < -0.4 is 10.6 Å². The molecule has 0 saturated heterocycles. The number of nitrogens with zero attached hydrogens (tertiary/aromatic N) is 4. The van der Waals surface area contributed by atoms with Crippen LogP contribution in [0.15, 0.2) is 49.2 Å². The van der Waals surface area contributed by atoms with E-state index in [2.05, 4.69) is 20.6 Å². The SMILES string of the molecule is CCN(CCOC)C(=O)C(Nc1ncc(C(=O)NCCCn2ccnc2)s1)c1ccc(F)cc1. The fraction of sp³-hybridized carbons (Fsp3) is 0.391. The number of ether oxygens (including phenoxy) is 1. The van der Waals surface area contributed by atoms with E-state index in [4.69, 9.17) is 4.74 Å². The van der Waals surface area contributed by atoms with E-state index < -0.39 is 6.04 Å². The number of benzene rings is 1. The summed E-state index contributed by atoms with van der Waals surface area (Å²) >= 11 is 1.16. The van der Waals surface area contributed by atoms with E-state index in [0.717, 1.165) is 24.3 Å². The van der Waals surface area contributed by atoms with Crippen molar-refractivity contribution in [3.05, 3.63) is 65.4 Å². The second kappa shape index (κ2) is 12.8. The molecule has 0 fully saturated rings. The molecular weight excluding hydrogens is 459 g/mol. The number of aromatic nitrogens is 3. The first-order valence-corrected chi connectivity index (χ1v) is 11.8. The Morgan fingerprint density at radius 2 is 2.09 bits per heavy atom. The Kier molecular flexibility index (Phi) is 9.53. The van der Waals surface area contributed by atoms with Crippen molar-refractivity contribution in [1.29, 1.82) is 0 Å². The number of amides is 2. The number of methoxy groups -OCH3 is 1.